The molecule has 0 spiro atoms. The standard InChI is InChI=1S/C18H14F2N2O4/c1-11(16(23)22-15-5-3-2-4-13(15)10-21)25-17(24)12-6-8-14(9-7-12)26-18(19)20/h2-9,11,18H,1H3,(H,22,23). The van der Waals surface area contributed by atoms with E-state index < -0.39 is 24.6 Å². The molecule has 2 aromatic carbocycles. The monoisotopic (exact) mass is 360 g/mol. The number of carbonyl (C=O) groups excluding carboxylic acids is 2. The fourth-order valence-electron chi connectivity index (χ4n) is 1.98. The number of carbonyl (C=O) groups is 2. The van der Waals surface area contributed by atoms with Crippen LogP contribution >= 0.6 is 0 Å². The highest BCUT2D eigenvalue weighted by molar-refractivity contribution is 5.98. The lowest BCUT2D eigenvalue weighted by atomic mass is 10.2. The largest absolute Gasteiger partial charge is 0.449 e. The second kappa shape index (κ2) is 8.58. The fourth-order valence-corrected chi connectivity index (χ4v) is 1.98. The van der Waals surface area contributed by atoms with Gasteiger partial charge in [0.15, 0.2) is 6.10 Å². The van der Waals surface area contributed by atoms with Crippen molar-refractivity contribution in [1.82, 2.24) is 0 Å². The smallest absolute Gasteiger partial charge is 0.387 e. The van der Waals surface area contributed by atoms with E-state index in [-0.39, 0.29) is 16.9 Å². The van der Waals surface area contributed by atoms with Crippen molar-refractivity contribution in [2.24, 2.45) is 0 Å². The fraction of sp³-hybridized carbons (Fsp3) is 0.167. The summed E-state index contributed by atoms with van der Waals surface area (Å²) in [5, 5.41) is 11.5. The molecule has 6 nitrogen and oxygen atoms in total. The van der Waals surface area contributed by atoms with E-state index in [1.54, 1.807) is 18.2 Å². The molecule has 26 heavy (non-hydrogen) atoms. The van der Waals surface area contributed by atoms with E-state index in [9.17, 15) is 18.4 Å². The van der Waals surface area contributed by atoms with E-state index in [4.69, 9.17) is 10.00 Å². The second-order valence-electron chi connectivity index (χ2n) is 5.10. The molecule has 0 saturated heterocycles. The Labute approximate surface area is 148 Å². The van der Waals surface area contributed by atoms with Gasteiger partial charge in [-0.25, -0.2) is 4.79 Å². The Morgan fingerprint density at radius 2 is 1.77 bits per heavy atom. The Kier molecular flexibility index (Phi) is 6.22. The first kappa shape index (κ1) is 18.9. The van der Waals surface area contributed by atoms with Crippen molar-refractivity contribution in [2.75, 3.05) is 5.32 Å². The van der Waals surface area contributed by atoms with Gasteiger partial charge in [-0.05, 0) is 43.3 Å². The number of rotatable bonds is 6. The number of hydrogen-bond donors (Lipinski definition) is 1. The van der Waals surface area contributed by atoms with Crippen molar-refractivity contribution in [3.63, 3.8) is 0 Å². The molecule has 1 N–H and O–H groups in total. The third-order valence-corrected chi connectivity index (χ3v) is 3.27. The summed E-state index contributed by atoms with van der Waals surface area (Å²) in [6.45, 7) is -1.59. The number of nitrogens with one attached hydrogen (secondary N) is 1. The van der Waals surface area contributed by atoms with Crippen LogP contribution in [0.1, 0.15) is 22.8 Å². The number of hydrogen-bond acceptors (Lipinski definition) is 5. The van der Waals surface area contributed by atoms with Crippen LogP contribution in [0.15, 0.2) is 48.5 Å². The minimum Gasteiger partial charge on any atom is -0.449 e. The number of nitriles is 1. The Morgan fingerprint density at radius 1 is 1.12 bits per heavy atom. The molecule has 1 atom stereocenters. The van der Waals surface area contributed by atoms with Gasteiger partial charge < -0.3 is 14.8 Å². The molecule has 134 valence electrons. The zero-order valence-electron chi connectivity index (χ0n) is 13.6. The molecular formula is C18H14F2N2O4. The van der Waals surface area contributed by atoms with Crippen LogP contribution in [0.4, 0.5) is 14.5 Å². The molecule has 1 amide bonds. The highest BCUT2D eigenvalue weighted by atomic mass is 19.3. The minimum absolute atomic E-state index is 0.0729. The maximum atomic E-state index is 12.1. The molecule has 0 aliphatic rings. The molecule has 2 rings (SSSR count). The maximum Gasteiger partial charge on any atom is 0.387 e. The number of alkyl halides is 2. The van der Waals surface area contributed by atoms with Gasteiger partial charge >= 0.3 is 12.6 Å². The molecule has 0 aromatic heterocycles. The summed E-state index contributed by atoms with van der Waals surface area (Å²) in [6, 6.07) is 13.2. The Hall–Kier alpha value is -3.47. The van der Waals surface area contributed by atoms with E-state index in [0.29, 0.717) is 5.69 Å². The van der Waals surface area contributed by atoms with Crippen molar-refractivity contribution >= 4 is 17.6 Å². The number of esters is 1. The zero-order chi connectivity index (χ0) is 19.1. The first-order valence-corrected chi connectivity index (χ1v) is 7.46. The van der Waals surface area contributed by atoms with Gasteiger partial charge in [-0.15, -0.1) is 0 Å². The predicted octanol–water partition coefficient (Wildman–Crippen LogP) is 3.34. The average Bonchev–Trinajstić information content (AvgIpc) is 2.62. The number of amides is 1. The molecule has 8 heteroatoms. The normalized spacial score (nSPS) is 11.3. The molecule has 0 bridgehead atoms. The van der Waals surface area contributed by atoms with Crippen LogP contribution in [0.3, 0.4) is 0 Å². The number of ether oxygens (including phenoxy) is 2. The van der Waals surface area contributed by atoms with E-state index in [1.807, 2.05) is 6.07 Å². The Morgan fingerprint density at radius 3 is 2.38 bits per heavy atom. The molecule has 0 saturated carbocycles. The quantitative estimate of drug-likeness (QED) is 0.798. The number of anilines is 1. The lowest BCUT2D eigenvalue weighted by molar-refractivity contribution is -0.123. The highest BCUT2D eigenvalue weighted by Gasteiger charge is 2.20. The van der Waals surface area contributed by atoms with E-state index in [1.165, 1.54) is 37.3 Å². The Balaban J connectivity index is 1.97. The van der Waals surface area contributed by atoms with Gasteiger partial charge in [0.05, 0.1) is 16.8 Å². The number of para-hydroxylation sites is 1. The van der Waals surface area contributed by atoms with Crippen LogP contribution in [0, 0.1) is 11.3 Å². The van der Waals surface area contributed by atoms with E-state index in [0.717, 1.165) is 0 Å². The van der Waals surface area contributed by atoms with E-state index >= 15 is 0 Å². The SMILES string of the molecule is CC(OC(=O)c1ccc(OC(F)F)cc1)C(=O)Nc1ccccc1C#N. The summed E-state index contributed by atoms with van der Waals surface area (Å²) in [7, 11) is 0. The third kappa shape index (κ3) is 5.01. The summed E-state index contributed by atoms with van der Waals surface area (Å²) >= 11 is 0. The molecule has 0 fully saturated rings. The number of nitrogens with zero attached hydrogens (tertiary/aromatic N) is 1. The topological polar surface area (TPSA) is 88.4 Å². The zero-order valence-corrected chi connectivity index (χ0v) is 13.6. The summed E-state index contributed by atoms with van der Waals surface area (Å²) in [6.07, 6.45) is -1.13. The van der Waals surface area contributed by atoms with Gasteiger partial charge in [-0.3, -0.25) is 4.79 Å². The molecular weight excluding hydrogens is 346 g/mol. The van der Waals surface area contributed by atoms with Crippen molar-refractivity contribution in [3.05, 3.63) is 59.7 Å². The van der Waals surface area contributed by atoms with Crippen molar-refractivity contribution in [1.29, 1.82) is 5.26 Å². The van der Waals surface area contributed by atoms with Crippen molar-refractivity contribution in [3.8, 4) is 11.8 Å². The van der Waals surface area contributed by atoms with Crippen LogP contribution < -0.4 is 10.1 Å². The van der Waals surface area contributed by atoms with Crippen LogP contribution in [0.2, 0.25) is 0 Å². The van der Waals surface area contributed by atoms with Gasteiger partial charge in [0, 0.05) is 0 Å². The highest BCUT2D eigenvalue weighted by Crippen LogP contribution is 2.17. The lowest BCUT2D eigenvalue weighted by Crippen LogP contribution is -2.30. The predicted molar refractivity (Wildman–Crippen MR) is 87.7 cm³/mol. The first-order valence-electron chi connectivity index (χ1n) is 7.46. The lowest BCUT2D eigenvalue weighted by Gasteiger charge is -2.14. The number of benzene rings is 2. The van der Waals surface area contributed by atoms with Crippen molar-refractivity contribution < 1.29 is 27.8 Å². The first-order chi connectivity index (χ1) is 12.4. The van der Waals surface area contributed by atoms with Crippen LogP contribution in [0.25, 0.3) is 0 Å². The van der Waals surface area contributed by atoms with Crippen molar-refractivity contribution in [2.45, 2.75) is 19.6 Å². The molecule has 2 aromatic rings. The maximum absolute atomic E-state index is 12.1. The van der Waals surface area contributed by atoms with Gasteiger partial charge in [0.25, 0.3) is 5.91 Å². The molecule has 0 aliphatic heterocycles. The number of halogens is 2. The van der Waals surface area contributed by atoms with Gasteiger partial charge in [0.2, 0.25) is 0 Å². The van der Waals surface area contributed by atoms with E-state index in [2.05, 4.69) is 10.1 Å². The van der Waals surface area contributed by atoms with Crippen LogP contribution in [0.5, 0.6) is 5.75 Å². The summed E-state index contributed by atoms with van der Waals surface area (Å²) in [5.41, 5.74) is 0.647. The molecule has 0 radical (unpaired) electrons. The molecule has 1 unspecified atom stereocenters. The van der Waals surface area contributed by atoms with Gasteiger partial charge in [0.1, 0.15) is 11.8 Å². The van der Waals surface area contributed by atoms with Crippen LogP contribution in [-0.2, 0) is 9.53 Å². The average molecular weight is 360 g/mol. The Bertz CT molecular complexity index is 832. The molecule has 0 aliphatic carbocycles. The third-order valence-electron chi connectivity index (χ3n) is 3.27. The summed E-state index contributed by atoms with van der Waals surface area (Å²) in [5.74, 6) is -1.51. The minimum atomic E-state index is -2.96. The van der Waals surface area contributed by atoms with Gasteiger partial charge in [-0.1, -0.05) is 12.1 Å². The summed E-state index contributed by atoms with van der Waals surface area (Å²) in [4.78, 5) is 24.1. The molecule has 0 heterocycles. The second-order valence-corrected chi connectivity index (χ2v) is 5.10. The summed E-state index contributed by atoms with van der Waals surface area (Å²) < 4.78 is 33.4. The van der Waals surface area contributed by atoms with Gasteiger partial charge in [-0.2, -0.15) is 14.0 Å². The van der Waals surface area contributed by atoms with Crippen LogP contribution in [-0.4, -0.2) is 24.6 Å².